The Kier molecular flexibility index (Phi) is 3.53. The lowest BCUT2D eigenvalue weighted by atomic mass is 10.2. The first kappa shape index (κ1) is 16.2. The number of imidazole rings is 1. The average Bonchev–Trinajstić information content (AvgIpc) is 3.39. The molecule has 2 aliphatic rings. The predicted molar refractivity (Wildman–Crippen MR) is 108 cm³/mol. The largest absolute Gasteiger partial charge is 0.491 e. The van der Waals surface area contributed by atoms with E-state index in [1.807, 2.05) is 18.3 Å². The summed E-state index contributed by atoms with van der Waals surface area (Å²) < 4.78 is 10.0. The molecule has 1 aliphatic heterocycles. The summed E-state index contributed by atoms with van der Waals surface area (Å²) >= 11 is 5.94. The van der Waals surface area contributed by atoms with Crippen LogP contribution in [0.5, 0.6) is 5.75 Å². The molecule has 1 N–H and O–H groups in total. The van der Waals surface area contributed by atoms with Gasteiger partial charge in [-0.1, -0.05) is 0 Å². The van der Waals surface area contributed by atoms with Gasteiger partial charge in [0.2, 0.25) is 5.28 Å². The van der Waals surface area contributed by atoms with Crippen LogP contribution >= 0.6 is 11.6 Å². The molecule has 4 heterocycles. The second kappa shape index (κ2) is 6.10. The van der Waals surface area contributed by atoms with Gasteiger partial charge in [0.15, 0.2) is 5.65 Å². The van der Waals surface area contributed by atoms with Gasteiger partial charge in [-0.25, -0.2) is 9.50 Å². The first-order chi connectivity index (χ1) is 13.7. The van der Waals surface area contributed by atoms with Crippen LogP contribution in [-0.2, 0) is 6.54 Å². The van der Waals surface area contributed by atoms with Gasteiger partial charge in [-0.3, -0.25) is 0 Å². The van der Waals surface area contributed by atoms with E-state index in [1.54, 1.807) is 4.52 Å². The molecule has 1 saturated carbocycles. The molecule has 0 amide bonds. The number of benzene rings is 1. The number of rotatable bonds is 4. The van der Waals surface area contributed by atoms with Gasteiger partial charge in [-0.15, -0.1) is 5.10 Å². The topological polar surface area (TPSA) is 69.3 Å². The number of nitrogens with zero attached hydrogens (tertiary/aromatic N) is 5. The Balaban J connectivity index is 1.50. The molecule has 28 heavy (non-hydrogen) atoms. The summed E-state index contributed by atoms with van der Waals surface area (Å²) in [6, 6.07) is 8.17. The Morgan fingerprint density at radius 2 is 2.14 bits per heavy atom. The smallest absolute Gasteiger partial charge is 0.243 e. The summed E-state index contributed by atoms with van der Waals surface area (Å²) in [5.41, 5.74) is 4.78. The predicted octanol–water partition coefficient (Wildman–Crippen LogP) is 4.00. The molecule has 0 spiro atoms. The lowest BCUT2D eigenvalue weighted by Crippen LogP contribution is -2.03. The maximum atomic E-state index is 6.06. The van der Waals surface area contributed by atoms with E-state index in [2.05, 4.69) is 32.1 Å². The summed E-state index contributed by atoms with van der Waals surface area (Å²) in [4.78, 5) is 9.15. The van der Waals surface area contributed by atoms with Crippen molar-refractivity contribution in [2.75, 3.05) is 18.5 Å². The molecule has 3 aromatic heterocycles. The van der Waals surface area contributed by atoms with Gasteiger partial charge in [-0.2, -0.15) is 4.98 Å². The molecule has 7 nitrogen and oxygen atoms in total. The number of aromatic nitrogens is 5. The third-order valence-corrected chi connectivity index (χ3v) is 5.61. The Labute approximate surface area is 166 Å². The minimum atomic E-state index is 0.241. The number of fused-ring (bicyclic) bond motifs is 1. The molecule has 0 bridgehead atoms. The summed E-state index contributed by atoms with van der Waals surface area (Å²) in [6.45, 7) is 2.59. The number of anilines is 1. The van der Waals surface area contributed by atoms with Crippen molar-refractivity contribution in [1.82, 2.24) is 24.1 Å². The second-order valence-corrected chi connectivity index (χ2v) is 7.89. The zero-order valence-electron chi connectivity index (χ0n) is 15.2. The van der Waals surface area contributed by atoms with Crippen LogP contribution in [0.4, 0.5) is 5.69 Å². The van der Waals surface area contributed by atoms with Crippen LogP contribution in [0.2, 0.25) is 5.28 Å². The van der Waals surface area contributed by atoms with Crippen molar-refractivity contribution in [3.05, 3.63) is 35.7 Å². The number of pyridine rings is 1. The molecule has 1 aliphatic carbocycles. The molecule has 0 unspecified atom stereocenters. The lowest BCUT2D eigenvalue weighted by Gasteiger charge is -2.10. The van der Waals surface area contributed by atoms with Crippen LogP contribution in [0.25, 0.3) is 28.1 Å². The van der Waals surface area contributed by atoms with E-state index in [-0.39, 0.29) is 5.28 Å². The van der Waals surface area contributed by atoms with Crippen molar-refractivity contribution >= 4 is 34.0 Å². The van der Waals surface area contributed by atoms with Crippen LogP contribution in [-0.4, -0.2) is 37.3 Å². The average molecular weight is 395 g/mol. The minimum absolute atomic E-state index is 0.241. The number of ether oxygens (including phenoxy) is 1. The van der Waals surface area contributed by atoms with E-state index in [0.717, 1.165) is 64.9 Å². The Bertz CT molecular complexity index is 1210. The first-order valence-electron chi connectivity index (χ1n) is 9.68. The monoisotopic (exact) mass is 394 g/mol. The fourth-order valence-electron chi connectivity index (χ4n) is 3.86. The summed E-state index contributed by atoms with van der Waals surface area (Å²) in [5, 5.41) is 8.01. The van der Waals surface area contributed by atoms with Crippen LogP contribution in [0.1, 0.15) is 19.3 Å². The van der Waals surface area contributed by atoms with Gasteiger partial charge in [0.25, 0.3) is 0 Å². The van der Waals surface area contributed by atoms with Crippen molar-refractivity contribution in [3.8, 4) is 17.1 Å². The van der Waals surface area contributed by atoms with E-state index in [1.165, 1.54) is 12.8 Å². The van der Waals surface area contributed by atoms with Crippen LogP contribution in [0.15, 0.2) is 30.5 Å². The fraction of sp³-hybridized carbons (Fsp3) is 0.350. The van der Waals surface area contributed by atoms with Gasteiger partial charge in [0, 0.05) is 36.6 Å². The molecule has 0 saturated heterocycles. The van der Waals surface area contributed by atoms with Crippen LogP contribution in [0.3, 0.4) is 0 Å². The van der Waals surface area contributed by atoms with E-state index >= 15 is 0 Å². The molecule has 8 heteroatoms. The third kappa shape index (κ3) is 2.69. The third-order valence-electron chi connectivity index (χ3n) is 5.45. The highest BCUT2D eigenvalue weighted by molar-refractivity contribution is 6.28. The maximum absolute atomic E-state index is 6.06. The van der Waals surface area contributed by atoms with Crippen LogP contribution in [0, 0.1) is 5.92 Å². The number of nitrogens with one attached hydrogen (secondary N) is 1. The van der Waals surface area contributed by atoms with Crippen LogP contribution < -0.4 is 10.1 Å². The summed E-state index contributed by atoms with van der Waals surface area (Å²) in [7, 11) is 0. The molecule has 142 valence electrons. The zero-order chi connectivity index (χ0) is 18.7. The number of aryl methyl sites for hydroxylation is 1. The molecule has 0 radical (unpaired) electrons. The Morgan fingerprint density at radius 1 is 1.21 bits per heavy atom. The van der Waals surface area contributed by atoms with Gasteiger partial charge >= 0.3 is 0 Å². The molecule has 1 fully saturated rings. The fourth-order valence-corrected chi connectivity index (χ4v) is 4.03. The second-order valence-electron chi connectivity index (χ2n) is 7.56. The van der Waals surface area contributed by atoms with E-state index in [4.69, 9.17) is 21.3 Å². The summed E-state index contributed by atoms with van der Waals surface area (Å²) in [5.74, 6) is 2.62. The highest BCUT2D eigenvalue weighted by Gasteiger charge is 2.23. The Hall–Kier alpha value is -2.80. The van der Waals surface area contributed by atoms with E-state index in [0.29, 0.717) is 6.61 Å². The van der Waals surface area contributed by atoms with Crippen molar-refractivity contribution in [1.29, 1.82) is 0 Å². The van der Waals surface area contributed by atoms with Crippen molar-refractivity contribution in [3.63, 3.8) is 0 Å². The zero-order valence-corrected chi connectivity index (χ0v) is 16.0. The Morgan fingerprint density at radius 3 is 3.04 bits per heavy atom. The van der Waals surface area contributed by atoms with Crippen molar-refractivity contribution in [2.45, 2.75) is 25.8 Å². The molecular weight excluding hydrogens is 376 g/mol. The molecule has 0 atom stereocenters. The molecule has 6 rings (SSSR count). The highest BCUT2D eigenvalue weighted by Crippen LogP contribution is 2.36. The van der Waals surface area contributed by atoms with Crippen molar-refractivity contribution < 1.29 is 4.74 Å². The van der Waals surface area contributed by atoms with Gasteiger partial charge in [0.05, 0.1) is 12.1 Å². The normalized spacial score (nSPS) is 16.3. The number of hydrogen-bond acceptors (Lipinski definition) is 5. The standard InChI is InChI=1S/C20H19ClN6O/c21-20-24-17-5-4-13(11-27(17)25-20)19-23-15-8-14(22-10-12-2-3-12)9-16-18(15)26(19)6-1-7-28-16/h4-5,8-9,11-12,22H,1-3,6-7,10H2. The van der Waals surface area contributed by atoms with E-state index in [9.17, 15) is 0 Å². The molecule has 1 aromatic carbocycles. The molecule has 4 aromatic rings. The number of halogens is 1. The number of hydrogen-bond donors (Lipinski definition) is 1. The SMILES string of the molecule is Clc1nc2ccc(-c3nc4cc(NCC5CC5)cc5c4n3CCCO5)cn2n1. The molecular formula is C20H19ClN6O. The highest BCUT2D eigenvalue weighted by atomic mass is 35.5. The first-order valence-corrected chi connectivity index (χ1v) is 10.1. The quantitative estimate of drug-likeness (QED) is 0.566. The van der Waals surface area contributed by atoms with Gasteiger partial charge in [0.1, 0.15) is 17.1 Å². The minimum Gasteiger partial charge on any atom is -0.491 e. The van der Waals surface area contributed by atoms with Crippen molar-refractivity contribution in [2.24, 2.45) is 5.92 Å². The summed E-state index contributed by atoms with van der Waals surface area (Å²) in [6.07, 6.45) is 5.52. The van der Waals surface area contributed by atoms with Gasteiger partial charge < -0.3 is 14.6 Å². The maximum Gasteiger partial charge on any atom is 0.243 e. The lowest BCUT2D eigenvalue weighted by molar-refractivity contribution is 0.316. The van der Waals surface area contributed by atoms with Gasteiger partial charge in [-0.05, 0) is 55.0 Å². The van der Waals surface area contributed by atoms with E-state index < -0.39 is 0 Å².